The maximum atomic E-state index is 12.7. The van der Waals surface area contributed by atoms with Crippen molar-refractivity contribution in [2.45, 2.75) is 31.6 Å². The van der Waals surface area contributed by atoms with Crippen molar-refractivity contribution in [1.29, 1.82) is 0 Å². The van der Waals surface area contributed by atoms with Crippen LogP contribution in [0.15, 0.2) is 59.5 Å². The van der Waals surface area contributed by atoms with E-state index in [1.807, 2.05) is 26.8 Å². The van der Waals surface area contributed by atoms with Gasteiger partial charge in [-0.3, -0.25) is 8.98 Å². The van der Waals surface area contributed by atoms with Crippen molar-refractivity contribution in [3.05, 3.63) is 65.7 Å². The van der Waals surface area contributed by atoms with E-state index in [0.29, 0.717) is 12.1 Å². The summed E-state index contributed by atoms with van der Waals surface area (Å²) in [7, 11) is -3.97. The van der Waals surface area contributed by atoms with Crippen LogP contribution in [-0.2, 0) is 23.8 Å². The minimum atomic E-state index is -3.97. The average molecular weight is 456 g/mol. The second-order valence-corrected chi connectivity index (χ2v) is 8.32. The van der Waals surface area contributed by atoms with Crippen LogP contribution >= 0.6 is 12.4 Å². The maximum absolute atomic E-state index is 12.7. The van der Waals surface area contributed by atoms with Crippen LogP contribution in [0.2, 0.25) is 0 Å². The van der Waals surface area contributed by atoms with E-state index in [9.17, 15) is 13.2 Å². The summed E-state index contributed by atoms with van der Waals surface area (Å²) < 4.78 is 35.7. The smallest absolute Gasteiger partial charge is 0.315 e. The molecule has 2 rings (SSSR count). The number of aryl methyl sites for hydroxylation is 1. The van der Waals surface area contributed by atoms with Gasteiger partial charge in [-0.25, -0.2) is 0 Å². The third-order valence-electron chi connectivity index (χ3n) is 4.73. The normalized spacial score (nSPS) is 12.3. The van der Waals surface area contributed by atoms with Crippen LogP contribution in [0, 0.1) is 6.92 Å². The number of esters is 1. The molecule has 0 saturated carbocycles. The summed E-state index contributed by atoms with van der Waals surface area (Å²) in [6, 6.07) is 15.3. The van der Waals surface area contributed by atoms with Crippen molar-refractivity contribution in [1.82, 2.24) is 4.90 Å². The number of halogens is 1. The van der Waals surface area contributed by atoms with Gasteiger partial charge in [0.15, 0.2) is 0 Å². The second-order valence-electron chi connectivity index (χ2n) is 6.71. The molecular weight excluding hydrogens is 426 g/mol. The van der Waals surface area contributed by atoms with Crippen LogP contribution in [0.25, 0.3) is 0 Å². The molecule has 0 fully saturated rings. The molecule has 0 aliphatic carbocycles. The predicted molar refractivity (Wildman–Crippen MR) is 119 cm³/mol. The van der Waals surface area contributed by atoms with E-state index in [2.05, 4.69) is 4.90 Å². The summed E-state index contributed by atoms with van der Waals surface area (Å²) in [4.78, 5) is 14.9. The standard InChI is InChI=1S/C22H29NO5S.ClH/c1-4-23(5-2)15-16-27-22(24)21(19-9-7-6-8-10-19)17-28-29(25,26)20-13-11-18(3)12-14-20;/h6-14,21H,4-5,15-17H2,1-3H3;1H. The van der Waals surface area contributed by atoms with Gasteiger partial charge in [0, 0.05) is 6.54 Å². The van der Waals surface area contributed by atoms with E-state index in [-0.39, 0.29) is 30.5 Å². The lowest BCUT2D eigenvalue weighted by Crippen LogP contribution is -2.30. The van der Waals surface area contributed by atoms with Gasteiger partial charge >= 0.3 is 5.97 Å². The molecule has 0 saturated heterocycles. The monoisotopic (exact) mass is 455 g/mol. The number of carbonyl (C=O) groups excluding carboxylic acids is 1. The number of nitrogens with zero attached hydrogens (tertiary/aromatic N) is 1. The van der Waals surface area contributed by atoms with Crippen molar-refractivity contribution < 1.29 is 22.1 Å². The second kappa shape index (κ2) is 12.7. The Morgan fingerprint density at radius 3 is 2.17 bits per heavy atom. The van der Waals surface area contributed by atoms with Gasteiger partial charge in [-0.05, 0) is 37.7 Å². The molecule has 8 heteroatoms. The van der Waals surface area contributed by atoms with Gasteiger partial charge in [-0.15, -0.1) is 12.4 Å². The van der Waals surface area contributed by atoms with E-state index >= 15 is 0 Å². The molecule has 0 spiro atoms. The molecule has 0 radical (unpaired) electrons. The van der Waals surface area contributed by atoms with Crippen LogP contribution in [0.1, 0.15) is 30.9 Å². The summed E-state index contributed by atoms with van der Waals surface area (Å²) >= 11 is 0. The fourth-order valence-electron chi connectivity index (χ4n) is 2.83. The molecule has 166 valence electrons. The van der Waals surface area contributed by atoms with Gasteiger partial charge in [-0.1, -0.05) is 61.9 Å². The fraction of sp³-hybridized carbons (Fsp3) is 0.409. The number of hydrogen-bond donors (Lipinski definition) is 0. The molecule has 0 aliphatic heterocycles. The van der Waals surface area contributed by atoms with Crippen molar-refractivity contribution in [3.63, 3.8) is 0 Å². The number of likely N-dealkylation sites (N-methyl/N-ethyl adjacent to an activating group) is 1. The molecular formula is C22H30ClNO5S. The molecule has 6 nitrogen and oxygen atoms in total. The van der Waals surface area contributed by atoms with E-state index in [4.69, 9.17) is 8.92 Å². The number of benzene rings is 2. The van der Waals surface area contributed by atoms with Gasteiger partial charge in [-0.2, -0.15) is 8.42 Å². The van der Waals surface area contributed by atoms with Crippen molar-refractivity contribution in [2.75, 3.05) is 32.8 Å². The van der Waals surface area contributed by atoms with Gasteiger partial charge in [0.2, 0.25) is 0 Å². The molecule has 0 heterocycles. The van der Waals surface area contributed by atoms with Crippen molar-refractivity contribution in [3.8, 4) is 0 Å². The topological polar surface area (TPSA) is 72.9 Å². The van der Waals surface area contributed by atoms with Gasteiger partial charge in [0.1, 0.15) is 12.5 Å². The highest BCUT2D eigenvalue weighted by Crippen LogP contribution is 2.21. The van der Waals surface area contributed by atoms with Gasteiger partial charge in [0.25, 0.3) is 10.1 Å². The molecule has 1 unspecified atom stereocenters. The van der Waals surface area contributed by atoms with Crippen LogP contribution in [0.5, 0.6) is 0 Å². The lowest BCUT2D eigenvalue weighted by atomic mass is 10.0. The summed E-state index contributed by atoms with van der Waals surface area (Å²) in [6.45, 7) is 8.25. The third-order valence-corrected chi connectivity index (χ3v) is 6.03. The predicted octanol–water partition coefficient (Wildman–Crippen LogP) is 3.79. The number of hydrogen-bond acceptors (Lipinski definition) is 6. The molecule has 0 amide bonds. The van der Waals surface area contributed by atoms with Crippen LogP contribution < -0.4 is 0 Å². The summed E-state index contributed by atoms with van der Waals surface area (Å²) in [5.41, 5.74) is 1.60. The molecule has 0 bridgehead atoms. The molecule has 0 aromatic heterocycles. The molecule has 30 heavy (non-hydrogen) atoms. The Morgan fingerprint density at radius 1 is 1.00 bits per heavy atom. The summed E-state index contributed by atoms with van der Waals surface area (Å²) in [6.07, 6.45) is 0. The Kier molecular flexibility index (Phi) is 11.0. The Bertz CT molecular complexity index is 868. The zero-order valence-electron chi connectivity index (χ0n) is 17.6. The SMILES string of the molecule is CCN(CC)CCOC(=O)C(COS(=O)(=O)c1ccc(C)cc1)c1ccccc1.Cl. The highest BCUT2D eigenvalue weighted by atomic mass is 35.5. The Hall–Kier alpha value is -1.93. The highest BCUT2D eigenvalue weighted by molar-refractivity contribution is 7.86. The minimum absolute atomic E-state index is 0. The number of ether oxygens (including phenoxy) is 1. The quantitative estimate of drug-likeness (QED) is 0.379. The largest absolute Gasteiger partial charge is 0.464 e. The molecule has 1 atom stereocenters. The average Bonchev–Trinajstić information content (AvgIpc) is 2.72. The Morgan fingerprint density at radius 2 is 1.60 bits per heavy atom. The van der Waals surface area contributed by atoms with Gasteiger partial charge in [0.05, 0.1) is 11.5 Å². The lowest BCUT2D eigenvalue weighted by Gasteiger charge is -2.20. The van der Waals surface area contributed by atoms with E-state index < -0.39 is 22.0 Å². The van der Waals surface area contributed by atoms with Crippen LogP contribution in [0.4, 0.5) is 0 Å². The summed E-state index contributed by atoms with van der Waals surface area (Å²) in [5.74, 6) is -1.32. The Labute approximate surface area is 185 Å². The minimum Gasteiger partial charge on any atom is -0.464 e. The first-order valence-corrected chi connectivity index (χ1v) is 11.2. The van der Waals surface area contributed by atoms with Gasteiger partial charge < -0.3 is 9.64 Å². The van der Waals surface area contributed by atoms with Crippen molar-refractivity contribution >= 4 is 28.5 Å². The number of rotatable bonds is 11. The zero-order chi connectivity index (χ0) is 21.3. The van der Waals surface area contributed by atoms with Crippen molar-refractivity contribution in [2.24, 2.45) is 0 Å². The first-order valence-electron chi connectivity index (χ1n) is 9.77. The first kappa shape index (κ1) is 26.1. The molecule has 0 N–H and O–H groups in total. The lowest BCUT2D eigenvalue weighted by molar-refractivity contribution is -0.146. The first-order chi connectivity index (χ1) is 13.9. The number of carbonyl (C=O) groups is 1. The van der Waals surface area contributed by atoms with Crippen LogP contribution in [-0.4, -0.2) is 52.1 Å². The van der Waals surface area contributed by atoms with E-state index in [1.54, 1.807) is 36.4 Å². The van der Waals surface area contributed by atoms with E-state index in [1.165, 1.54) is 12.1 Å². The molecule has 2 aromatic carbocycles. The van der Waals surface area contributed by atoms with Crippen LogP contribution in [0.3, 0.4) is 0 Å². The highest BCUT2D eigenvalue weighted by Gasteiger charge is 2.26. The fourth-order valence-corrected chi connectivity index (χ4v) is 3.75. The Balaban J connectivity index is 0.00000450. The molecule has 0 aliphatic rings. The molecule has 2 aromatic rings. The third kappa shape index (κ3) is 7.72. The zero-order valence-corrected chi connectivity index (χ0v) is 19.2. The maximum Gasteiger partial charge on any atom is 0.315 e. The van der Waals surface area contributed by atoms with E-state index in [0.717, 1.165) is 18.7 Å². The summed E-state index contributed by atoms with van der Waals surface area (Å²) in [5, 5.41) is 0.